The van der Waals surface area contributed by atoms with Crippen LogP contribution in [0.15, 0.2) is 23.4 Å². The SMILES string of the molecule is COC(=O)c1ccc(SCC(NC(=O)CCCCCNC(=O)C(CSCCN(C)C)NC(=O)CCS(=O)(=O)O)C(=O)OC)nc1. The molecule has 0 spiro atoms. The number of methoxy groups -OCH3 is 2. The van der Waals surface area contributed by atoms with E-state index in [9.17, 15) is 32.4 Å². The van der Waals surface area contributed by atoms with Crippen molar-refractivity contribution in [2.75, 3.05) is 64.4 Å². The van der Waals surface area contributed by atoms with Crippen LogP contribution in [0.3, 0.4) is 0 Å². The number of rotatable bonds is 22. The highest BCUT2D eigenvalue weighted by Gasteiger charge is 2.23. The Morgan fingerprint density at radius 1 is 0.956 bits per heavy atom. The van der Waals surface area contributed by atoms with E-state index in [1.54, 1.807) is 12.1 Å². The fourth-order valence-electron chi connectivity index (χ4n) is 3.49. The standard InChI is InChI=1S/C27H43N5O10S3/c1-32(2)13-14-43-17-20(30-23(34)11-15-45(38,39)40)25(35)28-12-7-5-6-8-22(33)31-21(27(37)42-4)18-44-24-10-9-19(16-29-24)26(36)41-3/h9-10,16,20-21H,5-8,11-15,17-18H2,1-4H3,(H,28,35)(H,30,34)(H,31,33)(H,38,39,40). The van der Waals surface area contributed by atoms with E-state index in [0.717, 1.165) is 12.3 Å². The molecule has 0 saturated carbocycles. The van der Waals surface area contributed by atoms with Crippen LogP contribution in [0.5, 0.6) is 0 Å². The Morgan fingerprint density at radius 3 is 2.24 bits per heavy atom. The third-order valence-electron chi connectivity index (χ3n) is 5.96. The first kappa shape index (κ1) is 40.1. The molecule has 1 heterocycles. The van der Waals surface area contributed by atoms with Crippen LogP contribution in [0.4, 0.5) is 0 Å². The Labute approximate surface area is 272 Å². The molecule has 4 N–H and O–H groups in total. The molecule has 0 aromatic carbocycles. The summed E-state index contributed by atoms with van der Waals surface area (Å²) in [6, 6.07) is 1.36. The summed E-state index contributed by atoms with van der Waals surface area (Å²) in [7, 11) is 2.01. The van der Waals surface area contributed by atoms with Crippen molar-refractivity contribution in [3.63, 3.8) is 0 Å². The topological polar surface area (TPSA) is 210 Å². The lowest BCUT2D eigenvalue weighted by atomic mass is 10.1. The fourth-order valence-corrected chi connectivity index (χ4v) is 5.91. The molecule has 0 aliphatic carbocycles. The number of pyridine rings is 1. The number of unbranched alkanes of at least 4 members (excludes halogenated alkanes) is 2. The molecule has 0 aliphatic heterocycles. The number of nitrogens with zero attached hydrogens (tertiary/aromatic N) is 2. The van der Waals surface area contributed by atoms with E-state index in [0.29, 0.717) is 30.8 Å². The van der Waals surface area contributed by atoms with Crippen molar-refractivity contribution in [3.8, 4) is 0 Å². The van der Waals surface area contributed by atoms with Gasteiger partial charge in [-0.3, -0.25) is 18.9 Å². The van der Waals surface area contributed by atoms with Crippen LogP contribution in [0.2, 0.25) is 0 Å². The minimum absolute atomic E-state index is 0.146. The maximum absolute atomic E-state index is 12.7. The lowest BCUT2D eigenvalue weighted by Gasteiger charge is -2.19. The summed E-state index contributed by atoms with van der Waals surface area (Å²) >= 11 is 2.67. The molecule has 18 heteroatoms. The molecule has 0 radical (unpaired) electrons. The van der Waals surface area contributed by atoms with Crippen molar-refractivity contribution < 1.29 is 46.4 Å². The Kier molecular flexibility index (Phi) is 19.4. The summed E-state index contributed by atoms with van der Waals surface area (Å²) < 4.78 is 40.2. The number of amides is 3. The average molecular weight is 694 g/mol. The largest absolute Gasteiger partial charge is 0.467 e. The van der Waals surface area contributed by atoms with Crippen LogP contribution in [-0.4, -0.2) is 129 Å². The smallest absolute Gasteiger partial charge is 0.339 e. The molecule has 1 aromatic rings. The highest BCUT2D eigenvalue weighted by Crippen LogP contribution is 2.17. The van der Waals surface area contributed by atoms with E-state index in [2.05, 4.69) is 25.7 Å². The average Bonchev–Trinajstić information content (AvgIpc) is 3.00. The first-order chi connectivity index (χ1) is 21.2. The van der Waals surface area contributed by atoms with E-state index in [1.807, 2.05) is 19.0 Å². The number of ether oxygens (including phenoxy) is 2. The first-order valence-electron chi connectivity index (χ1n) is 14.0. The van der Waals surface area contributed by atoms with Gasteiger partial charge in [-0.1, -0.05) is 6.42 Å². The second kappa shape index (κ2) is 21.7. The molecule has 254 valence electrons. The molecule has 3 amide bonds. The molecule has 45 heavy (non-hydrogen) atoms. The lowest BCUT2D eigenvalue weighted by Crippen LogP contribution is -2.48. The van der Waals surface area contributed by atoms with Gasteiger partial charge in [0.2, 0.25) is 17.7 Å². The number of aromatic nitrogens is 1. The lowest BCUT2D eigenvalue weighted by molar-refractivity contribution is -0.144. The van der Waals surface area contributed by atoms with Gasteiger partial charge in [-0.2, -0.15) is 20.2 Å². The van der Waals surface area contributed by atoms with E-state index < -0.39 is 58.1 Å². The van der Waals surface area contributed by atoms with Gasteiger partial charge in [0.15, 0.2) is 0 Å². The highest BCUT2D eigenvalue weighted by atomic mass is 32.2. The van der Waals surface area contributed by atoms with Crippen LogP contribution in [0.25, 0.3) is 0 Å². The van der Waals surface area contributed by atoms with E-state index >= 15 is 0 Å². The molecule has 1 aromatic heterocycles. The van der Waals surface area contributed by atoms with Gasteiger partial charge in [-0.05, 0) is 39.1 Å². The molecule has 0 saturated heterocycles. The Morgan fingerprint density at radius 2 is 1.64 bits per heavy atom. The zero-order valence-electron chi connectivity index (χ0n) is 25.9. The molecule has 1 rings (SSSR count). The normalized spacial score (nSPS) is 12.6. The molecule has 2 atom stereocenters. The third-order valence-corrected chi connectivity index (χ3v) is 8.76. The van der Waals surface area contributed by atoms with E-state index in [1.165, 1.54) is 43.9 Å². The molecule has 2 unspecified atom stereocenters. The summed E-state index contributed by atoms with van der Waals surface area (Å²) in [5, 5.41) is 8.49. The Bertz CT molecular complexity index is 1220. The second-order valence-electron chi connectivity index (χ2n) is 9.97. The second-order valence-corrected chi connectivity index (χ2v) is 13.7. The van der Waals surface area contributed by atoms with E-state index in [-0.39, 0.29) is 29.4 Å². The van der Waals surface area contributed by atoms with Gasteiger partial charge >= 0.3 is 11.9 Å². The van der Waals surface area contributed by atoms with Crippen molar-refractivity contribution in [1.82, 2.24) is 25.8 Å². The zero-order valence-corrected chi connectivity index (χ0v) is 28.4. The molecule has 0 fully saturated rings. The van der Waals surface area contributed by atoms with Gasteiger partial charge in [0.1, 0.15) is 12.1 Å². The van der Waals surface area contributed by atoms with Crippen LogP contribution >= 0.6 is 23.5 Å². The monoisotopic (exact) mass is 693 g/mol. The van der Waals surface area contributed by atoms with Gasteiger partial charge in [-0.15, -0.1) is 11.8 Å². The molecular formula is C27H43N5O10S3. The molecule has 0 aliphatic rings. The summed E-state index contributed by atoms with van der Waals surface area (Å²) in [5.74, 6) is -2.12. The number of esters is 2. The number of hydrogen-bond donors (Lipinski definition) is 4. The Hall–Kier alpha value is -2.93. The fraction of sp³-hybridized carbons (Fsp3) is 0.630. The summed E-state index contributed by atoms with van der Waals surface area (Å²) in [4.78, 5) is 67.3. The summed E-state index contributed by atoms with van der Waals surface area (Å²) in [6.07, 6.45) is 2.69. The number of hydrogen-bond acceptors (Lipinski definition) is 13. The number of nitrogens with one attached hydrogen (secondary N) is 3. The van der Waals surface area contributed by atoms with Gasteiger partial charge in [0, 0.05) is 49.4 Å². The van der Waals surface area contributed by atoms with Crippen molar-refractivity contribution in [2.45, 2.75) is 49.2 Å². The van der Waals surface area contributed by atoms with Crippen LogP contribution in [0.1, 0.15) is 42.5 Å². The van der Waals surface area contributed by atoms with Crippen molar-refractivity contribution in [2.24, 2.45) is 0 Å². The minimum Gasteiger partial charge on any atom is -0.467 e. The first-order valence-corrected chi connectivity index (χ1v) is 17.8. The number of carbonyl (C=O) groups is 5. The van der Waals surface area contributed by atoms with Crippen LogP contribution in [0, 0.1) is 0 Å². The molecule has 15 nitrogen and oxygen atoms in total. The minimum atomic E-state index is -4.31. The number of carbonyl (C=O) groups excluding carboxylic acids is 5. The Balaban J connectivity index is 2.48. The molecular weight excluding hydrogens is 651 g/mol. The van der Waals surface area contributed by atoms with Gasteiger partial charge in [-0.25, -0.2) is 14.6 Å². The van der Waals surface area contributed by atoms with Gasteiger partial charge in [0.25, 0.3) is 10.1 Å². The van der Waals surface area contributed by atoms with Crippen molar-refractivity contribution >= 4 is 63.3 Å². The van der Waals surface area contributed by atoms with Crippen molar-refractivity contribution in [1.29, 1.82) is 0 Å². The predicted octanol–water partition coefficient (Wildman–Crippen LogP) is 0.352. The van der Waals surface area contributed by atoms with Crippen LogP contribution < -0.4 is 16.0 Å². The highest BCUT2D eigenvalue weighted by molar-refractivity contribution is 7.99. The van der Waals surface area contributed by atoms with Crippen molar-refractivity contribution in [3.05, 3.63) is 23.9 Å². The summed E-state index contributed by atoms with van der Waals surface area (Å²) in [6.45, 7) is 1.06. The zero-order chi connectivity index (χ0) is 33.8. The van der Waals surface area contributed by atoms with Gasteiger partial charge < -0.3 is 30.3 Å². The maximum Gasteiger partial charge on any atom is 0.339 e. The maximum atomic E-state index is 12.7. The van der Waals surface area contributed by atoms with Gasteiger partial charge in [0.05, 0.1) is 30.6 Å². The van der Waals surface area contributed by atoms with Crippen LogP contribution in [-0.2, 0) is 38.8 Å². The summed E-state index contributed by atoms with van der Waals surface area (Å²) in [5.41, 5.74) is 0.286. The van der Waals surface area contributed by atoms with E-state index in [4.69, 9.17) is 9.29 Å². The molecule has 0 bridgehead atoms. The third kappa shape index (κ3) is 18.6. The predicted molar refractivity (Wildman–Crippen MR) is 171 cm³/mol. The number of thioether (sulfide) groups is 2. The quantitative estimate of drug-likeness (QED) is 0.0559.